The molecule has 2 aromatic carbocycles. The van der Waals surface area contributed by atoms with Crippen LogP contribution >= 0.6 is 0 Å². The lowest BCUT2D eigenvalue weighted by Gasteiger charge is -2.57. The van der Waals surface area contributed by atoms with Crippen LogP contribution in [0.1, 0.15) is 79.1 Å². The average Bonchev–Trinajstić information content (AvgIpc) is 3.48. The Morgan fingerprint density at radius 2 is 1.60 bits per heavy atom. The number of hydrogen-bond donors (Lipinski definition) is 0. The molecular weight excluding hydrogens is 552 g/mol. The third-order valence-electron chi connectivity index (χ3n) is 12.0. The lowest BCUT2D eigenvalue weighted by molar-refractivity contribution is -0.210. The molecule has 5 aliphatic rings. The molecule has 0 aromatic heterocycles. The predicted octanol–water partition coefficient (Wildman–Crippen LogP) is 6.34. The van der Waals surface area contributed by atoms with E-state index in [1.54, 1.807) is 7.11 Å². The van der Waals surface area contributed by atoms with Gasteiger partial charge in [0.1, 0.15) is 12.6 Å². The smallest absolute Gasteiger partial charge is 0.261 e. The fourth-order valence-corrected chi connectivity index (χ4v) is 14.9. The first-order chi connectivity index (χ1) is 20.6. The third-order valence-corrected chi connectivity index (χ3v) is 17.0. The Bertz CT molecular complexity index is 1350. The fourth-order valence-electron chi connectivity index (χ4n) is 10.2. The van der Waals surface area contributed by atoms with Gasteiger partial charge < -0.3 is 18.6 Å². The second-order valence-electron chi connectivity index (χ2n) is 15.2. The molecule has 0 radical (unpaired) electrons. The van der Waals surface area contributed by atoms with Gasteiger partial charge >= 0.3 is 0 Å². The highest BCUT2D eigenvalue weighted by Crippen LogP contribution is 2.67. The van der Waals surface area contributed by atoms with Gasteiger partial charge in [-0.3, -0.25) is 4.79 Å². The van der Waals surface area contributed by atoms with Gasteiger partial charge in [-0.25, -0.2) is 0 Å². The van der Waals surface area contributed by atoms with Crippen molar-refractivity contribution >= 4 is 24.5 Å². The molecule has 2 aromatic rings. The van der Waals surface area contributed by atoms with Crippen molar-refractivity contribution < 1.29 is 23.4 Å². The van der Waals surface area contributed by atoms with Crippen molar-refractivity contribution in [3.63, 3.8) is 0 Å². The van der Waals surface area contributed by atoms with Crippen LogP contribution in [0.2, 0.25) is 5.04 Å². The van der Waals surface area contributed by atoms with Gasteiger partial charge in [0.25, 0.3) is 8.32 Å². The Balaban J connectivity index is 1.31. The van der Waals surface area contributed by atoms with Gasteiger partial charge in [-0.15, -0.1) is 0 Å². The van der Waals surface area contributed by atoms with E-state index in [1.165, 1.54) is 15.9 Å². The van der Waals surface area contributed by atoms with E-state index >= 15 is 0 Å². The van der Waals surface area contributed by atoms with Gasteiger partial charge in [-0.05, 0) is 71.8 Å². The van der Waals surface area contributed by atoms with Crippen molar-refractivity contribution in [3.8, 4) is 0 Å². The summed E-state index contributed by atoms with van der Waals surface area (Å²) in [5.74, 6) is 0.407. The van der Waals surface area contributed by atoms with Crippen LogP contribution in [0.25, 0.3) is 0 Å². The molecule has 2 spiro atoms. The van der Waals surface area contributed by atoms with Gasteiger partial charge in [-0.1, -0.05) is 94.4 Å². The van der Waals surface area contributed by atoms with Crippen LogP contribution in [0.15, 0.2) is 72.3 Å². The van der Waals surface area contributed by atoms with Crippen molar-refractivity contribution in [2.24, 2.45) is 17.3 Å². The summed E-state index contributed by atoms with van der Waals surface area (Å²) in [4.78, 5) is 14.2. The number of methoxy groups -OCH3 is 1. The lowest BCUT2D eigenvalue weighted by Crippen LogP contribution is -2.69. The van der Waals surface area contributed by atoms with Crippen molar-refractivity contribution in [1.82, 2.24) is 0 Å². The standard InChI is InChI=1S/C37H48O5Si/c1-34(2,3)43(26-13-8-6-9-14-26,27-15-10-7-11-16-27)41-31-17-12-20-36-21-22-37(42-36)28(23-29(31)36)30(38)24-35(4)32(37)18-19-33(35)40-25-39-5/h6-11,13-16,23,28,31-33H,12,17-22,24-25H2,1-5H3/t28?,31-,32+,33-,35-,36-,37+/m0/s1. The molecule has 7 atom stereocenters. The fraction of sp³-hybridized carbons (Fsp3) is 0.595. The zero-order valence-corrected chi connectivity index (χ0v) is 27.6. The minimum absolute atomic E-state index is 0.0276. The summed E-state index contributed by atoms with van der Waals surface area (Å²) in [5.41, 5.74) is 0.266. The molecule has 6 heteroatoms. The van der Waals surface area contributed by atoms with Crippen molar-refractivity contribution in [1.29, 1.82) is 0 Å². The first-order valence-electron chi connectivity index (χ1n) is 16.4. The molecule has 0 N–H and O–H groups in total. The van der Waals surface area contributed by atoms with E-state index in [2.05, 4.69) is 94.4 Å². The Morgan fingerprint density at radius 1 is 0.930 bits per heavy atom. The van der Waals surface area contributed by atoms with E-state index in [9.17, 15) is 4.79 Å². The number of hydrogen-bond acceptors (Lipinski definition) is 5. The number of ketones is 1. The summed E-state index contributed by atoms with van der Waals surface area (Å²) >= 11 is 0. The first-order valence-corrected chi connectivity index (χ1v) is 18.3. The number of benzene rings is 2. The highest BCUT2D eigenvalue weighted by atomic mass is 28.4. The highest BCUT2D eigenvalue weighted by Gasteiger charge is 2.71. The maximum Gasteiger partial charge on any atom is 0.261 e. The van der Waals surface area contributed by atoms with Crippen molar-refractivity contribution in [2.75, 3.05) is 13.9 Å². The van der Waals surface area contributed by atoms with Gasteiger partial charge in [-0.2, -0.15) is 0 Å². The quantitative estimate of drug-likeness (QED) is 0.211. The predicted molar refractivity (Wildman–Crippen MR) is 171 cm³/mol. The molecule has 2 bridgehead atoms. The molecule has 2 aliphatic heterocycles. The Hall–Kier alpha value is -2.09. The SMILES string of the molecule is COCO[C@H]1CC[C@@H]2[C@]1(C)CC(=O)C1C=C3[C@@H](O[Si](c4ccccc4)(c4ccccc4)C(C)(C)C)CCC[C@]34CC[C@@]12O4. The zero-order chi connectivity index (χ0) is 30.1. The van der Waals surface area contributed by atoms with Gasteiger partial charge in [0, 0.05) is 18.9 Å². The minimum Gasteiger partial charge on any atom is -0.401 e. The van der Waals surface area contributed by atoms with Crippen LogP contribution in [-0.4, -0.2) is 51.4 Å². The number of carbonyl (C=O) groups excluding carboxylic acids is 1. The Kier molecular flexibility index (Phi) is 7.22. The van der Waals surface area contributed by atoms with Gasteiger partial charge in [0.15, 0.2) is 0 Å². The number of carbonyl (C=O) groups is 1. The van der Waals surface area contributed by atoms with E-state index in [0.29, 0.717) is 18.1 Å². The first kappa shape index (κ1) is 29.6. The van der Waals surface area contributed by atoms with Crippen LogP contribution < -0.4 is 10.4 Å². The summed E-state index contributed by atoms with van der Waals surface area (Å²) in [6.07, 6.45) is 9.82. The maximum atomic E-state index is 14.2. The molecule has 0 amide bonds. The molecule has 4 fully saturated rings. The van der Waals surface area contributed by atoms with Crippen LogP contribution in [0.5, 0.6) is 0 Å². The van der Waals surface area contributed by atoms with E-state index in [4.69, 9.17) is 18.6 Å². The molecule has 7 rings (SSSR count). The van der Waals surface area contributed by atoms with Gasteiger partial charge in [0.05, 0.1) is 29.3 Å². The summed E-state index contributed by atoms with van der Waals surface area (Å²) in [5, 5.41) is 2.48. The highest BCUT2D eigenvalue weighted by molar-refractivity contribution is 6.99. The Morgan fingerprint density at radius 3 is 2.23 bits per heavy atom. The van der Waals surface area contributed by atoms with Crippen LogP contribution in [0.3, 0.4) is 0 Å². The Labute approximate surface area is 258 Å². The van der Waals surface area contributed by atoms with Crippen LogP contribution in [0.4, 0.5) is 0 Å². The molecule has 43 heavy (non-hydrogen) atoms. The second-order valence-corrected chi connectivity index (χ2v) is 19.4. The van der Waals surface area contributed by atoms with E-state index in [1.807, 2.05) is 0 Å². The average molecular weight is 601 g/mol. The van der Waals surface area contributed by atoms with Crippen molar-refractivity contribution in [3.05, 3.63) is 72.3 Å². The zero-order valence-electron chi connectivity index (χ0n) is 26.6. The van der Waals surface area contributed by atoms with E-state index in [-0.39, 0.29) is 41.0 Å². The summed E-state index contributed by atoms with van der Waals surface area (Å²) in [6.45, 7) is 9.58. The van der Waals surface area contributed by atoms with Crippen LogP contribution in [0, 0.1) is 17.3 Å². The summed E-state index contributed by atoms with van der Waals surface area (Å²) in [7, 11) is -1.10. The maximum absolute atomic E-state index is 14.2. The second kappa shape index (κ2) is 10.5. The molecule has 5 nitrogen and oxygen atoms in total. The monoisotopic (exact) mass is 600 g/mol. The molecule has 3 aliphatic carbocycles. The molecule has 1 unspecified atom stereocenters. The van der Waals surface area contributed by atoms with Crippen molar-refractivity contribution in [2.45, 2.75) is 108 Å². The normalized spacial score (nSPS) is 37.0. The van der Waals surface area contributed by atoms with E-state index < -0.39 is 13.9 Å². The number of Topliss-reactive ketones (excluding diaryl/α,β-unsaturated/α-hetero) is 1. The number of ether oxygens (including phenoxy) is 3. The summed E-state index contributed by atoms with van der Waals surface area (Å²) in [6, 6.07) is 21.8. The molecule has 230 valence electrons. The molecule has 3 saturated carbocycles. The summed E-state index contributed by atoms with van der Waals surface area (Å²) < 4.78 is 26.7. The lowest BCUT2D eigenvalue weighted by atomic mass is 9.55. The third kappa shape index (κ3) is 4.27. The topological polar surface area (TPSA) is 54.0 Å². The van der Waals surface area contributed by atoms with Gasteiger partial charge in [0.2, 0.25) is 0 Å². The molecular formula is C37H48O5Si. The van der Waals surface area contributed by atoms with E-state index in [0.717, 1.165) is 44.9 Å². The largest absolute Gasteiger partial charge is 0.401 e. The molecule has 2 heterocycles. The molecule has 1 saturated heterocycles. The van der Waals surface area contributed by atoms with Crippen LogP contribution in [-0.2, 0) is 23.4 Å². The number of rotatable bonds is 7. The minimum atomic E-state index is -2.77. The number of fused-ring (bicyclic) bond motifs is 1.